The van der Waals surface area contributed by atoms with Gasteiger partial charge in [-0.1, -0.05) is 48.5 Å². The molecule has 3 aromatic carbocycles. The minimum atomic E-state index is 0.249. The molecule has 1 saturated heterocycles. The zero-order valence-corrected chi connectivity index (χ0v) is 17.7. The van der Waals surface area contributed by atoms with Crippen molar-refractivity contribution in [1.29, 1.82) is 0 Å². The number of ether oxygens (including phenoxy) is 1. The number of phenols is 1. The first kappa shape index (κ1) is 19.6. The highest BCUT2D eigenvalue weighted by molar-refractivity contribution is 5.87. The monoisotopic (exact) mass is 413 g/mol. The minimum absolute atomic E-state index is 0.249. The molecule has 1 fully saturated rings. The van der Waals surface area contributed by atoms with Crippen molar-refractivity contribution in [3.8, 4) is 22.6 Å². The van der Waals surface area contributed by atoms with Crippen molar-refractivity contribution in [1.82, 2.24) is 15.1 Å². The van der Waals surface area contributed by atoms with Gasteiger partial charge in [0.15, 0.2) is 11.5 Å². The van der Waals surface area contributed by atoms with Gasteiger partial charge in [-0.05, 0) is 54.4 Å². The van der Waals surface area contributed by atoms with Crippen LogP contribution in [-0.2, 0) is 6.54 Å². The molecular weight excluding hydrogens is 386 g/mol. The number of likely N-dealkylation sites (tertiary alicyclic amines) is 1. The third-order valence-electron chi connectivity index (χ3n) is 6.42. The van der Waals surface area contributed by atoms with Crippen molar-refractivity contribution in [2.75, 3.05) is 20.2 Å². The molecule has 2 N–H and O–H groups in total. The van der Waals surface area contributed by atoms with Crippen molar-refractivity contribution in [3.05, 3.63) is 78.1 Å². The molecule has 0 bridgehead atoms. The fraction of sp³-hybridized carbons (Fsp3) is 0.269. The van der Waals surface area contributed by atoms with Crippen LogP contribution in [0.4, 0.5) is 0 Å². The number of aromatic amines is 1. The van der Waals surface area contributed by atoms with E-state index in [1.54, 1.807) is 13.2 Å². The van der Waals surface area contributed by atoms with Crippen molar-refractivity contribution in [3.63, 3.8) is 0 Å². The van der Waals surface area contributed by atoms with Crippen LogP contribution in [0.2, 0.25) is 0 Å². The van der Waals surface area contributed by atoms with Crippen LogP contribution in [0.5, 0.6) is 11.5 Å². The number of nitrogens with zero attached hydrogens (tertiary/aromatic N) is 2. The number of phenolic OH excluding ortho intramolecular Hbond substituents is 1. The standard InChI is InChI=1S/C26H27N3O2/c1-31-24-8-4-7-22(26(24)30)17-29-13-11-19(12-14-29)25-23(16-27-28-25)21-10-9-18-5-2-3-6-20(18)15-21/h2-10,15-16,19,30H,11-14,17H2,1H3,(H,27,28). The molecule has 5 nitrogen and oxygen atoms in total. The number of para-hydroxylation sites is 1. The molecular formula is C26H27N3O2. The number of hydrogen-bond donors (Lipinski definition) is 2. The number of benzene rings is 3. The zero-order valence-electron chi connectivity index (χ0n) is 17.7. The van der Waals surface area contributed by atoms with E-state index in [-0.39, 0.29) is 5.75 Å². The van der Waals surface area contributed by atoms with Crippen LogP contribution in [0.1, 0.15) is 30.0 Å². The Balaban J connectivity index is 1.30. The maximum atomic E-state index is 10.4. The molecule has 0 amide bonds. The number of hydrogen-bond acceptors (Lipinski definition) is 4. The van der Waals surface area contributed by atoms with E-state index < -0.39 is 0 Å². The van der Waals surface area contributed by atoms with Gasteiger partial charge in [-0.2, -0.15) is 5.10 Å². The molecule has 0 spiro atoms. The summed E-state index contributed by atoms with van der Waals surface area (Å²) in [5.74, 6) is 1.24. The zero-order chi connectivity index (χ0) is 21.2. The van der Waals surface area contributed by atoms with Gasteiger partial charge in [0.25, 0.3) is 0 Å². The van der Waals surface area contributed by atoms with E-state index in [9.17, 15) is 5.11 Å². The third-order valence-corrected chi connectivity index (χ3v) is 6.42. The molecule has 1 aliphatic heterocycles. The number of nitrogens with one attached hydrogen (secondary N) is 1. The molecule has 31 heavy (non-hydrogen) atoms. The van der Waals surface area contributed by atoms with Crippen LogP contribution < -0.4 is 4.74 Å². The number of fused-ring (bicyclic) bond motifs is 1. The number of H-pyrrole nitrogens is 1. The number of aromatic hydroxyl groups is 1. The molecule has 5 heteroatoms. The molecule has 0 atom stereocenters. The smallest absolute Gasteiger partial charge is 0.162 e. The highest BCUT2D eigenvalue weighted by atomic mass is 16.5. The van der Waals surface area contributed by atoms with Gasteiger partial charge in [-0.3, -0.25) is 10.00 Å². The molecule has 0 aliphatic carbocycles. The first-order valence-electron chi connectivity index (χ1n) is 10.8. The molecule has 158 valence electrons. The van der Waals surface area contributed by atoms with Crippen molar-refractivity contribution in [2.24, 2.45) is 0 Å². The SMILES string of the molecule is COc1cccc(CN2CCC(c3[nH]ncc3-c3ccc4ccccc4c3)CC2)c1O. The van der Waals surface area contributed by atoms with E-state index in [0.717, 1.165) is 38.0 Å². The second-order valence-electron chi connectivity index (χ2n) is 8.28. The number of piperidine rings is 1. The summed E-state index contributed by atoms with van der Waals surface area (Å²) in [5.41, 5.74) is 4.57. The Bertz CT molecular complexity index is 1190. The fourth-order valence-electron chi connectivity index (χ4n) is 4.67. The van der Waals surface area contributed by atoms with E-state index in [1.807, 2.05) is 18.3 Å². The van der Waals surface area contributed by atoms with Gasteiger partial charge in [-0.15, -0.1) is 0 Å². The summed E-state index contributed by atoms with van der Waals surface area (Å²) in [5, 5.41) is 20.6. The van der Waals surface area contributed by atoms with E-state index in [4.69, 9.17) is 4.74 Å². The van der Waals surface area contributed by atoms with Crippen LogP contribution in [0, 0.1) is 0 Å². The lowest BCUT2D eigenvalue weighted by molar-refractivity contribution is 0.201. The summed E-state index contributed by atoms with van der Waals surface area (Å²) < 4.78 is 5.24. The number of rotatable bonds is 5. The van der Waals surface area contributed by atoms with E-state index in [2.05, 4.69) is 57.6 Å². The first-order chi connectivity index (χ1) is 15.2. The van der Waals surface area contributed by atoms with E-state index >= 15 is 0 Å². The Morgan fingerprint density at radius 1 is 1.03 bits per heavy atom. The van der Waals surface area contributed by atoms with Gasteiger partial charge in [0.05, 0.1) is 13.3 Å². The average Bonchev–Trinajstić information content (AvgIpc) is 3.30. The Labute approximate surface area is 182 Å². The lowest BCUT2D eigenvalue weighted by Gasteiger charge is -2.32. The molecule has 0 unspecified atom stereocenters. The molecule has 0 radical (unpaired) electrons. The largest absolute Gasteiger partial charge is 0.504 e. The normalized spacial score (nSPS) is 15.4. The average molecular weight is 414 g/mol. The van der Waals surface area contributed by atoms with Crippen molar-refractivity contribution in [2.45, 2.75) is 25.3 Å². The summed E-state index contributed by atoms with van der Waals surface area (Å²) in [6.07, 6.45) is 4.08. The highest BCUT2D eigenvalue weighted by Crippen LogP contribution is 2.36. The van der Waals surface area contributed by atoms with Gasteiger partial charge < -0.3 is 9.84 Å². The Kier molecular flexibility index (Phi) is 5.35. The summed E-state index contributed by atoms with van der Waals surface area (Å²) in [7, 11) is 1.59. The summed E-state index contributed by atoms with van der Waals surface area (Å²) >= 11 is 0. The maximum Gasteiger partial charge on any atom is 0.162 e. The Morgan fingerprint density at radius 3 is 2.65 bits per heavy atom. The molecule has 4 aromatic rings. The van der Waals surface area contributed by atoms with Crippen molar-refractivity contribution >= 4 is 10.8 Å². The minimum Gasteiger partial charge on any atom is -0.504 e. The summed E-state index contributed by atoms with van der Waals surface area (Å²) in [6, 6.07) is 20.8. The second-order valence-corrected chi connectivity index (χ2v) is 8.28. The van der Waals surface area contributed by atoms with Crippen LogP contribution in [0.25, 0.3) is 21.9 Å². The van der Waals surface area contributed by atoms with Crippen LogP contribution in [0.3, 0.4) is 0 Å². The summed E-state index contributed by atoms with van der Waals surface area (Å²) in [4.78, 5) is 2.40. The first-order valence-corrected chi connectivity index (χ1v) is 10.8. The predicted molar refractivity (Wildman–Crippen MR) is 123 cm³/mol. The molecule has 2 heterocycles. The number of aromatic nitrogens is 2. The number of methoxy groups -OCH3 is 1. The van der Waals surface area contributed by atoms with Crippen LogP contribution >= 0.6 is 0 Å². The second kappa shape index (κ2) is 8.44. The lowest BCUT2D eigenvalue weighted by Crippen LogP contribution is -2.32. The van der Waals surface area contributed by atoms with Crippen molar-refractivity contribution < 1.29 is 9.84 Å². The predicted octanol–water partition coefficient (Wildman–Crippen LogP) is 5.32. The topological polar surface area (TPSA) is 61.4 Å². The van der Waals surface area contributed by atoms with Crippen LogP contribution in [-0.4, -0.2) is 40.4 Å². The Morgan fingerprint density at radius 2 is 1.84 bits per heavy atom. The van der Waals surface area contributed by atoms with Gasteiger partial charge in [0, 0.05) is 29.3 Å². The molecule has 1 aromatic heterocycles. The summed E-state index contributed by atoms with van der Waals surface area (Å²) in [6.45, 7) is 2.70. The lowest BCUT2D eigenvalue weighted by atomic mass is 9.89. The fourth-order valence-corrected chi connectivity index (χ4v) is 4.67. The van der Waals surface area contributed by atoms with Gasteiger partial charge in [-0.25, -0.2) is 0 Å². The van der Waals surface area contributed by atoms with Crippen LogP contribution in [0.15, 0.2) is 66.9 Å². The van der Waals surface area contributed by atoms with E-state index in [0.29, 0.717) is 11.7 Å². The Hall–Kier alpha value is -3.31. The van der Waals surface area contributed by atoms with E-state index in [1.165, 1.54) is 27.6 Å². The quantitative estimate of drug-likeness (QED) is 0.465. The molecule has 5 rings (SSSR count). The third kappa shape index (κ3) is 3.89. The van der Waals surface area contributed by atoms with Gasteiger partial charge in [0.1, 0.15) is 0 Å². The molecule has 0 saturated carbocycles. The highest BCUT2D eigenvalue weighted by Gasteiger charge is 2.25. The maximum absolute atomic E-state index is 10.4. The van der Waals surface area contributed by atoms with Gasteiger partial charge in [0.2, 0.25) is 0 Å². The molecule has 1 aliphatic rings. The van der Waals surface area contributed by atoms with Gasteiger partial charge >= 0.3 is 0 Å².